The molecule has 18 heavy (non-hydrogen) atoms. The number of nitrogens with one attached hydrogen (secondary N) is 1. The highest BCUT2D eigenvalue weighted by Gasteiger charge is 2.27. The van der Waals surface area contributed by atoms with Gasteiger partial charge in [-0.05, 0) is 37.8 Å². The predicted octanol–water partition coefficient (Wildman–Crippen LogP) is 3.67. The van der Waals surface area contributed by atoms with Crippen LogP contribution in [0.25, 0.3) is 0 Å². The van der Waals surface area contributed by atoms with Crippen molar-refractivity contribution >= 4 is 0 Å². The standard InChI is InChI=1S/C16H34N2/c1-5-7-8-10-16(3,4)14-18-12-9-15(13-18)17-11-6-2/h15,17H,5-14H2,1-4H3. The fourth-order valence-corrected chi connectivity index (χ4v) is 3.03. The van der Waals surface area contributed by atoms with Crippen molar-refractivity contribution in [2.24, 2.45) is 5.41 Å². The molecule has 0 bridgehead atoms. The lowest BCUT2D eigenvalue weighted by atomic mass is 9.86. The fourth-order valence-electron chi connectivity index (χ4n) is 3.03. The van der Waals surface area contributed by atoms with Gasteiger partial charge in [-0.3, -0.25) is 0 Å². The van der Waals surface area contributed by atoms with Crippen LogP contribution >= 0.6 is 0 Å². The first kappa shape index (κ1) is 16.0. The van der Waals surface area contributed by atoms with Crippen molar-refractivity contribution in [2.75, 3.05) is 26.2 Å². The van der Waals surface area contributed by atoms with E-state index < -0.39 is 0 Å². The van der Waals surface area contributed by atoms with Gasteiger partial charge in [0.2, 0.25) is 0 Å². The molecular weight excluding hydrogens is 220 g/mol. The van der Waals surface area contributed by atoms with Crippen molar-refractivity contribution in [3.8, 4) is 0 Å². The van der Waals surface area contributed by atoms with E-state index in [2.05, 4.69) is 37.9 Å². The van der Waals surface area contributed by atoms with Crippen LogP contribution in [0.3, 0.4) is 0 Å². The molecule has 1 fully saturated rings. The van der Waals surface area contributed by atoms with E-state index in [9.17, 15) is 0 Å². The Morgan fingerprint density at radius 3 is 2.61 bits per heavy atom. The Balaban J connectivity index is 2.21. The smallest absolute Gasteiger partial charge is 0.0207 e. The largest absolute Gasteiger partial charge is 0.313 e. The van der Waals surface area contributed by atoms with Gasteiger partial charge in [0.05, 0.1) is 0 Å². The van der Waals surface area contributed by atoms with Crippen molar-refractivity contribution in [2.45, 2.75) is 72.3 Å². The summed E-state index contributed by atoms with van der Waals surface area (Å²) in [4.78, 5) is 2.67. The van der Waals surface area contributed by atoms with Gasteiger partial charge in [-0.25, -0.2) is 0 Å². The molecule has 1 aliphatic rings. The van der Waals surface area contributed by atoms with E-state index in [0.29, 0.717) is 5.41 Å². The highest BCUT2D eigenvalue weighted by Crippen LogP contribution is 2.26. The zero-order chi connectivity index (χ0) is 13.4. The molecule has 0 spiro atoms. The second-order valence-corrected chi connectivity index (χ2v) is 6.80. The van der Waals surface area contributed by atoms with Crippen LogP contribution in [-0.2, 0) is 0 Å². The van der Waals surface area contributed by atoms with Crippen LogP contribution in [0.5, 0.6) is 0 Å². The Kier molecular flexibility index (Phi) is 7.25. The summed E-state index contributed by atoms with van der Waals surface area (Å²) in [5.74, 6) is 0. The minimum absolute atomic E-state index is 0.495. The van der Waals surface area contributed by atoms with E-state index in [1.165, 1.54) is 64.7 Å². The normalized spacial score (nSPS) is 21.7. The molecule has 0 aromatic heterocycles. The first-order valence-electron chi connectivity index (χ1n) is 8.03. The molecule has 1 rings (SSSR count). The van der Waals surface area contributed by atoms with Crippen LogP contribution in [0.4, 0.5) is 0 Å². The van der Waals surface area contributed by atoms with Crippen molar-refractivity contribution in [1.82, 2.24) is 10.2 Å². The monoisotopic (exact) mass is 254 g/mol. The Labute approximate surface area is 115 Å². The van der Waals surface area contributed by atoms with E-state index in [1.807, 2.05) is 0 Å². The summed E-state index contributed by atoms with van der Waals surface area (Å²) < 4.78 is 0. The summed E-state index contributed by atoms with van der Waals surface area (Å²) in [5, 5.41) is 3.66. The molecule has 0 saturated carbocycles. The van der Waals surface area contributed by atoms with Crippen molar-refractivity contribution < 1.29 is 0 Å². The van der Waals surface area contributed by atoms with Crippen LogP contribution in [0.1, 0.15) is 66.2 Å². The molecule has 0 aliphatic carbocycles. The Morgan fingerprint density at radius 2 is 1.94 bits per heavy atom. The van der Waals surface area contributed by atoms with Gasteiger partial charge in [-0.1, -0.05) is 47.0 Å². The average molecular weight is 254 g/mol. The Bertz CT molecular complexity index is 213. The molecule has 1 aliphatic heterocycles. The summed E-state index contributed by atoms with van der Waals surface area (Å²) in [6, 6.07) is 0.747. The second kappa shape index (κ2) is 8.16. The zero-order valence-corrected chi connectivity index (χ0v) is 13.1. The van der Waals surface area contributed by atoms with Gasteiger partial charge in [-0.15, -0.1) is 0 Å². The molecule has 0 aromatic carbocycles. The molecule has 2 nitrogen and oxygen atoms in total. The fraction of sp³-hybridized carbons (Fsp3) is 1.00. The number of hydrogen-bond acceptors (Lipinski definition) is 2. The summed E-state index contributed by atoms with van der Waals surface area (Å²) in [6.45, 7) is 14.4. The third-order valence-corrected chi connectivity index (χ3v) is 4.06. The van der Waals surface area contributed by atoms with E-state index in [4.69, 9.17) is 0 Å². The molecule has 1 saturated heterocycles. The highest BCUT2D eigenvalue weighted by atomic mass is 15.2. The van der Waals surface area contributed by atoms with Crippen molar-refractivity contribution in [3.63, 3.8) is 0 Å². The predicted molar refractivity (Wildman–Crippen MR) is 81.1 cm³/mol. The lowest BCUT2D eigenvalue weighted by Crippen LogP contribution is -2.37. The Morgan fingerprint density at radius 1 is 1.17 bits per heavy atom. The van der Waals surface area contributed by atoms with Gasteiger partial charge >= 0.3 is 0 Å². The van der Waals surface area contributed by atoms with Crippen LogP contribution in [-0.4, -0.2) is 37.1 Å². The SMILES string of the molecule is CCCCCC(C)(C)CN1CCC(NCCC)C1. The number of nitrogens with zero attached hydrogens (tertiary/aromatic N) is 1. The molecule has 0 radical (unpaired) electrons. The molecule has 2 heteroatoms. The third-order valence-electron chi connectivity index (χ3n) is 4.06. The van der Waals surface area contributed by atoms with Crippen LogP contribution in [0.2, 0.25) is 0 Å². The molecule has 1 unspecified atom stereocenters. The van der Waals surface area contributed by atoms with Gasteiger partial charge in [-0.2, -0.15) is 0 Å². The maximum Gasteiger partial charge on any atom is 0.0207 e. The van der Waals surface area contributed by atoms with Crippen molar-refractivity contribution in [3.05, 3.63) is 0 Å². The molecule has 108 valence electrons. The first-order valence-corrected chi connectivity index (χ1v) is 8.03. The molecule has 1 N–H and O–H groups in total. The summed E-state index contributed by atoms with van der Waals surface area (Å²) in [6.07, 6.45) is 8.09. The average Bonchev–Trinajstić information content (AvgIpc) is 2.73. The van der Waals surface area contributed by atoms with E-state index in [0.717, 1.165) is 6.04 Å². The maximum absolute atomic E-state index is 3.66. The highest BCUT2D eigenvalue weighted by molar-refractivity contribution is 4.84. The minimum Gasteiger partial charge on any atom is -0.313 e. The molecule has 0 aromatic rings. The summed E-state index contributed by atoms with van der Waals surface area (Å²) in [5.41, 5.74) is 0.495. The molecule has 1 heterocycles. The van der Waals surface area contributed by atoms with Gasteiger partial charge in [0.1, 0.15) is 0 Å². The lowest BCUT2D eigenvalue weighted by molar-refractivity contribution is 0.190. The molecule has 0 amide bonds. The van der Waals surface area contributed by atoms with Crippen LogP contribution in [0, 0.1) is 5.41 Å². The van der Waals surface area contributed by atoms with Crippen LogP contribution in [0.15, 0.2) is 0 Å². The number of likely N-dealkylation sites (tertiary alicyclic amines) is 1. The van der Waals surface area contributed by atoms with Gasteiger partial charge in [0.25, 0.3) is 0 Å². The first-order chi connectivity index (χ1) is 8.57. The molecule has 1 atom stereocenters. The quantitative estimate of drug-likeness (QED) is 0.632. The van der Waals surface area contributed by atoms with Crippen molar-refractivity contribution in [1.29, 1.82) is 0 Å². The minimum atomic E-state index is 0.495. The van der Waals surface area contributed by atoms with E-state index in [-0.39, 0.29) is 0 Å². The number of unbranched alkanes of at least 4 members (excludes halogenated alkanes) is 2. The summed E-state index contributed by atoms with van der Waals surface area (Å²) >= 11 is 0. The second-order valence-electron chi connectivity index (χ2n) is 6.80. The maximum atomic E-state index is 3.66. The third kappa shape index (κ3) is 6.19. The van der Waals surface area contributed by atoms with E-state index >= 15 is 0 Å². The Hall–Kier alpha value is -0.0800. The topological polar surface area (TPSA) is 15.3 Å². The lowest BCUT2D eigenvalue weighted by Gasteiger charge is -2.30. The van der Waals surface area contributed by atoms with Gasteiger partial charge in [0, 0.05) is 19.1 Å². The summed E-state index contributed by atoms with van der Waals surface area (Å²) in [7, 11) is 0. The van der Waals surface area contributed by atoms with Gasteiger partial charge < -0.3 is 10.2 Å². The number of rotatable bonds is 9. The zero-order valence-electron chi connectivity index (χ0n) is 13.1. The van der Waals surface area contributed by atoms with Gasteiger partial charge in [0.15, 0.2) is 0 Å². The van der Waals surface area contributed by atoms with Crippen LogP contribution < -0.4 is 5.32 Å². The van der Waals surface area contributed by atoms with E-state index in [1.54, 1.807) is 0 Å². The number of hydrogen-bond donors (Lipinski definition) is 1. The molecular formula is C16H34N2.